The molecule has 1 fully saturated rings. The van der Waals surface area contributed by atoms with Gasteiger partial charge in [0.25, 0.3) is 0 Å². The molecular formula is C24H38BN3O3. The van der Waals surface area contributed by atoms with E-state index in [0.29, 0.717) is 32.7 Å². The van der Waals surface area contributed by atoms with E-state index in [0.717, 1.165) is 25.7 Å². The van der Waals surface area contributed by atoms with E-state index in [4.69, 9.17) is 10.3 Å². The first-order valence-electron chi connectivity index (χ1n) is 11.5. The second-order valence-electron chi connectivity index (χ2n) is 9.60. The molecule has 1 amide bonds. The Bertz CT molecular complexity index is 795. The van der Waals surface area contributed by atoms with Gasteiger partial charge in [0, 0.05) is 25.5 Å². The minimum atomic E-state index is -0.245. The van der Waals surface area contributed by atoms with Gasteiger partial charge in [-0.3, -0.25) is 4.79 Å². The Morgan fingerprint density at radius 3 is 2.65 bits per heavy atom. The number of hydrogen-bond donors (Lipinski definition) is 2. The summed E-state index contributed by atoms with van der Waals surface area (Å²) in [5.74, 6) is 0.324. The third kappa shape index (κ3) is 7.56. The van der Waals surface area contributed by atoms with Crippen LogP contribution in [0.4, 0.5) is 0 Å². The number of amides is 1. The molecule has 1 aromatic carbocycles. The lowest BCUT2D eigenvalue weighted by Crippen LogP contribution is -2.29. The lowest BCUT2D eigenvalue weighted by molar-refractivity contribution is -0.122. The average Bonchev–Trinajstić information content (AvgIpc) is 3.45. The van der Waals surface area contributed by atoms with Gasteiger partial charge >= 0.3 is 0 Å². The van der Waals surface area contributed by atoms with Crippen LogP contribution >= 0.6 is 0 Å². The molecule has 0 heterocycles. The number of unbranched alkanes of at least 4 members (excludes halogenated alkanes) is 2. The van der Waals surface area contributed by atoms with Crippen LogP contribution in [0.15, 0.2) is 17.2 Å². The number of nitrogens with zero attached hydrogens (tertiary/aromatic N) is 1. The quantitative estimate of drug-likeness (QED) is 0.270. The fraction of sp³-hybridized carbons (Fsp3) is 0.667. The zero-order valence-electron chi connectivity index (χ0n) is 19.8. The SMILES string of the molecule is BC(=O)CC(C)(C)c1c(C)cc(C)cc1C1C[C@@H]1C(=O)NCCOCCCCCN=N. The molecule has 1 aromatic rings. The number of ether oxygens (including phenoxy) is 1. The van der Waals surface area contributed by atoms with E-state index in [2.05, 4.69) is 50.3 Å². The van der Waals surface area contributed by atoms with Crippen molar-refractivity contribution in [1.29, 1.82) is 5.53 Å². The monoisotopic (exact) mass is 427 g/mol. The van der Waals surface area contributed by atoms with Crippen molar-refractivity contribution in [2.75, 3.05) is 26.3 Å². The maximum Gasteiger partial charge on any atom is 0.223 e. The predicted octanol–water partition coefficient (Wildman–Crippen LogP) is 3.57. The van der Waals surface area contributed by atoms with Gasteiger partial charge < -0.3 is 14.8 Å². The molecule has 31 heavy (non-hydrogen) atoms. The van der Waals surface area contributed by atoms with Gasteiger partial charge in [-0.25, -0.2) is 5.53 Å². The van der Waals surface area contributed by atoms with Crippen molar-refractivity contribution in [3.63, 3.8) is 0 Å². The second kappa shape index (κ2) is 11.6. The van der Waals surface area contributed by atoms with Crippen molar-refractivity contribution in [2.45, 2.75) is 71.1 Å². The largest absolute Gasteiger partial charge is 0.380 e. The molecule has 2 rings (SSSR count). The van der Waals surface area contributed by atoms with Crippen molar-refractivity contribution in [1.82, 2.24) is 5.32 Å². The van der Waals surface area contributed by atoms with Crippen LogP contribution in [0.2, 0.25) is 0 Å². The minimum absolute atomic E-state index is 0.00157. The molecule has 0 aliphatic heterocycles. The molecule has 1 unspecified atom stereocenters. The number of aryl methyl sites for hydroxylation is 2. The molecule has 0 saturated heterocycles. The summed E-state index contributed by atoms with van der Waals surface area (Å²) in [5, 5.41) is 6.36. The maximum absolute atomic E-state index is 12.7. The maximum atomic E-state index is 12.7. The lowest BCUT2D eigenvalue weighted by Gasteiger charge is -2.30. The van der Waals surface area contributed by atoms with Gasteiger partial charge in [0.2, 0.25) is 5.91 Å². The summed E-state index contributed by atoms with van der Waals surface area (Å²) in [5.41, 5.74) is 11.6. The van der Waals surface area contributed by atoms with Gasteiger partial charge in [0.15, 0.2) is 7.85 Å². The molecule has 0 bridgehead atoms. The second-order valence-corrected chi connectivity index (χ2v) is 9.60. The van der Waals surface area contributed by atoms with Crippen LogP contribution in [0.5, 0.6) is 0 Å². The molecule has 2 N–H and O–H groups in total. The summed E-state index contributed by atoms with van der Waals surface area (Å²) >= 11 is 0. The Balaban J connectivity index is 1.89. The highest BCUT2D eigenvalue weighted by Crippen LogP contribution is 2.51. The van der Waals surface area contributed by atoms with Crippen molar-refractivity contribution in [3.05, 3.63) is 34.4 Å². The molecule has 170 valence electrons. The Labute approximate surface area is 187 Å². The van der Waals surface area contributed by atoms with Crippen molar-refractivity contribution in [3.8, 4) is 0 Å². The number of benzene rings is 1. The Morgan fingerprint density at radius 2 is 1.97 bits per heavy atom. The van der Waals surface area contributed by atoms with Gasteiger partial charge in [-0.05, 0) is 67.6 Å². The third-order valence-corrected chi connectivity index (χ3v) is 6.01. The standard InChI is InChI=1S/C24H38BN3O3/c1-16-12-17(2)22(24(3,4)15-21(25)29)19(13-16)18-14-20(18)23(30)27-9-11-31-10-7-5-6-8-28-26/h12-13,18,20,26H,5-11,14-15,25H2,1-4H3,(H,27,30)/t18?,20-/m0/s1. The van der Waals surface area contributed by atoms with E-state index in [1.54, 1.807) is 7.85 Å². The van der Waals surface area contributed by atoms with E-state index in [9.17, 15) is 9.59 Å². The molecular weight excluding hydrogens is 389 g/mol. The van der Waals surface area contributed by atoms with Gasteiger partial charge in [-0.1, -0.05) is 31.5 Å². The van der Waals surface area contributed by atoms with Crippen LogP contribution in [-0.2, 0) is 19.7 Å². The first-order valence-corrected chi connectivity index (χ1v) is 11.5. The summed E-state index contributed by atoms with van der Waals surface area (Å²) in [4.78, 5) is 24.5. The average molecular weight is 427 g/mol. The first kappa shape index (κ1) is 25.2. The van der Waals surface area contributed by atoms with Crippen LogP contribution in [0, 0.1) is 25.3 Å². The topological polar surface area (TPSA) is 91.6 Å². The molecule has 6 nitrogen and oxygen atoms in total. The molecule has 0 aromatic heterocycles. The van der Waals surface area contributed by atoms with Crippen LogP contribution in [-0.4, -0.2) is 45.7 Å². The highest BCUT2D eigenvalue weighted by molar-refractivity contribution is 6.57. The summed E-state index contributed by atoms with van der Waals surface area (Å²) in [6, 6.07) is 4.39. The minimum Gasteiger partial charge on any atom is -0.380 e. The third-order valence-electron chi connectivity index (χ3n) is 6.01. The number of nitrogens with one attached hydrogen (secondary N) is 2. The van der Waals surface area contributed by atoms with Crippen molar-refractivity contribution < 1.29 is 14.3 Å². The summed E-state index contributed by atoms with van der Waals surface area (Å²) in [7, 11) is 1.65. The van der Waals surface area contributed by atoms with Crippen molar-refractivity contribution >= 4 is 19.4 Å². The van der Waals surface area contributed by atoms with Crippen molar-refractivity contribution in [2.24, 2.45) is 11.0 Å². The van der Waals surface area contributed by atoms with E-state index in [1.807, 2.05) is 0 Å². The predicted molar refractivity (Wildman–Crippen MR) is 126 cm³/mol. The van der Waals surface area contributed by atoms with Crippen LogP contribution in [0.3, 0.4) is 0 Å². The molecule has 0 radical (unpaired) electrons. The number of carbonyl (C=O) groups excluding carboxylic acids is 2. The van der Waals surface area contributed by atoms with E-state index >= 15 is 0 Å². The lowest BCUT2D eigenvalue weighted by atomic mass is 9.72. The molecule has 1 aliphatic rings. The molecule has 7 heteroatoms. The van der Waals surface area contributed by atoms with Gasteiger partial charge in [0.05, 0.1) is 18.8 Å². The normalized spacial score (nSPS) is 17.9. The van der Waals surface area contributed by atoms with E-state index in [1.165, 1.54) is 22.3 Å². The molecule has 2 atom stereocenters. The summed E-state index contributed by atoms with van der Waals surface area (Å²) in [6.45, 7) is 10.8. The summed E-state index contributed by atoms with van der Waals surface area (Å²) < 4.78 is 5.58. The molecule has 1 aliphatic carbocycles. The molecule has 0 spiro atoms. The Hall–Kier alpha value is -2.02. The van der Waals surface area contributed by atoms with Crippen LogP contribution in [0.1, 0.15) is 74.1 Å². The van der Waals surface area contributed by atoms with E-state index in [-0.39, 0.29) is 28.8 Å². The number of carbonyl (C=O) groups is 2. The van der Waals surface area contributed by atoms with Crippen LogP contribution in [0.25, 0.3) is 0 Å². The van der Waals surface area contributed by atoms with Crippen LogP contribution < -0.4 is 5.32 Å². The van der Waals surface area contributed by atoms with Gasteiger partial charge in [0.1, 0.15) is 0 Å². The molecule has 1 saturated carbocycles. The Morgan fingerprint density at radius 1 is 1.23 bits per heavy atom. The zero-order chi connectivity index (χ0) is 23.0. The first-order chi connectivity index (χ1) is 14.7. The highest BCUT2D eigenvalue weighted by Gasteiger charge is 2.46. The van der Waals surface area contributed by atoms with Gasteiger partial charge in [-0.15, -0.1) is 0 Å². The van der Waals surface area contributed by atoms with Gasteiger partial charge in [-0.2, -0.15) is 5.11 Å². The summed E-state index contributed by atoms with van der Waals surface area (Å²) in [6.07, 6.45) is 4.26. The number of hydrogen-bond acceptors (Lipinski definition) is 5. The smallest absolute Gasteiger partial charge is 0.223 e. The zero-order valence-corrected chi connectivity index (χ0v) is 19.8. The Kier molecular flexibility index (Phi) is 9.42. The fourth-order valence-corrected chi connectivity index (χ4v) is 4.81. The number of rotatable bonds is 14. The highest BCUT2D eigenvalue weighted by atomic mass is 16.5. The van der Waals surface area contributed by atoms with E-state index < -0.39 is 0 Å². The fourth-order valence-electron chi connectivity index (χ4n) is 4.81.